The third-order valence-electron chi connectivity index (χ3n) is 4.34. The molecule has 0 aliphatic carbocycles. The molecule has 0 saturated carbocycles. The Hall–Kier alpha value is -2.75. The van der Waals surface area contributed by atoms with Gasteiger partial charge in [-0.05, 0) is 36.7 Å². The van der Waals surface area contributed by atoms with E-state index in [4.69, 9.17) is 34.8 Å². The highest BCUT2D eigenvalue weighted by atomic mass is 35.5. The second-order valence-corrected chi connectivity index (χ2v) is 7.92. The lowest BCUT2D eigenvalue weighted by atomic mass is 10.2. The molecule has 0 aliphatic heterocycles. The third-order valence-corrected chi connectivity index (χ3v) is 5.24. The molecule has 4 rings (SSSR count). The molecule has 0 fully saturated rings. The number of nitrogens with zero attached hydrogens (tertiary/aromatic N) is 5. The van der Waals surface area contributed by atoms with Crippen molar-refractivity contribution >= 4 is 52.2 Å². The number of nitrogens with one attached hydrogen (secondary N) is 1. The number of halogens is 5. The van der Waals surface area contributed by atoms with Crippen molar-refractivity contribution in [1.82, 2.24) is 24.4 Å². The first-order chi connectivity index (χ1) is 14.6. The normalized spacial score (nSPS) is 11.8. The minimum absolute atomic E-state index is 0.0689. The van der Waals surface area contributed by atoms with Crippen molar-refractivity contribution in [2.45, 2.75) is 18.9 Å². The molecule has 4 aromatic rings. The number of anilines is 1. The number of amides is 1. The van der Waals surface area contributed by atoms with E-state index in [1.807, 2.05) is 0 Å². The van der Waals surface area contributed by atoms with Crippen LogP contribution in [0.1, 0.15) is 27.4 Å². The Morgan fingerprint density at radius 1 is 1.16 bits per heavy atom. The van der Waals surface area contributed by atoms with E-state index in [1.165, 1.54) is 13.0 Å². The molecule has 7 nitrogen and oxygen atoms in total. The number of benzene rings is 1. The molecule has 12 heteroatoms. The van der Waals surface area contributed by atoms with Gasteiger partial charge in [0, 0.05) is 39.6 Å². The van der Waals surface area contributed by atoms with Gasteiger partial charge in [0.25, 0.3) is 5.91 Å². The fraction of sp³-hybridized carbons (Fsp3) is 0.158. The summed E-state index contributed by atoms with van der Waals surface area (Å²) in [6.45, 7) is 1.83. The largest absolute Gasteiger partial charge is 0.364 e. The standard InChI is InChI=1S/C19H13Cl3F2N6O/c1-10-7-15(19(22,23)24)30-17(25-10)8-14(27-30)18(31)26-16-5-6-29(28-16)9-11-12(20)3-2-4-13(11)21/h2-8H,9H2,1H3,(H,26,28,31). The van der Waals surface area contributed by atoms with Gasteiger partial charge in [-0.2, -0.15) is 19.0 Å². The quantitative estimate of drug-likeness (QED) is 0.398. The predicted octanol–water partition coefficient (Wildman–Crippen LogP) is 5.13. The molecule has 0 radical (unpaired) electrons. The van der Waals surface area contributed by atoms with Crippen molar-refractivity contribution in [1.29, 1.82) is 0 Å². The minimum Gasteiger partial charge on any atom is -0.304 e. The molecule has 3 aromatic heterocycles. The van der Waals surface area contributed by atoms with Crippen molar-refractivity contribution in [2.24, 2.45) is 0 Å². The molecule has 0 saturated heterocycles. The van der Waals surface area contributed by atoms with Crippen LogP contribution in [-0.2, 0) is 11.9 Å². The van der Waals surface area contributed by atoms with Gasteiger partial charge in [-0.1, -0.05) is 29.3 Å². The van der Waals surface area contributed by atoms with Crippen molar-refractivity contribution in [3.05, 3.63) is 75.3 Å². The van der Waals surface area contributed by atoms with E-state index in [-0.39, 0.29) is 17.2 Å². The topological polar surface area (TPSA) is 77.1 Å². The third kappa shape index (κ3) is 4.48. The van der Waals surface area contributed by atoms with Crippen molar-refractivity contribution in [2.75, 3.05) is 5.32 Å². The number of hydrogen-bond donors (Lipinski definition) is 1. The Balaban J connectivity index is 1.56. The molecule has 3 heterocycles. The van der Waals surface area contributed by atoms with Crippen LogP contribution >= 0.6 is 34.8 Å². The van der Waals surface area contributed by atoms with Gasteiger partial charge in [-0.3, -0.25) is 9.48 Å². The first-order valence-corrected chi connectivity index (χ1v) is 9.97. The van der Waals surface area contributed by atoms with E-state index < -0.39 is 17.0 Å². The SMILES string of the molecule is Cc1cc(C(F)(F)Cl)n2nc(C(=O)Nc3ccn(Cc4c(Cl)cccc4Cl)n3)cc2n1. The zero-order valence-corrected chi connectivity index (χ0v) is 18.1. The summed E-state index contributed by atoms with van der Waals surface area (Å²) < 4.78 is 29.8. The van der Waals surface area contributed by atoms with Crippen LogP contribution in [0.4, 0.5) is 14.6 Å². The van der Waals surface area contributed by atoms with Crippen molar-refractivity contribution in [3.8, 4) is 0 Å². The average molecular weight is 486 g/mol. The maximum atomic E-state index is 13.7. The Kier molecular flexibility index (Phi) is 5.59. The molecule has 31 heavy (non-hydrogen) atoms. The number of aryl methyl sites for hydroxylation is 1. The Labute approximate surface area is 189 Å². The lowest BCUT2D eigenvalue weighted by molar-refractivity contribution is 0.0868. The molecule has 1 aromatic carbocycles. The summed E-state index contributed by atoms with van der Waals surface area (Å²) in [6.07, 6.45) is 1.63. The highest BCUT2D eigenvalue weighted by molar-refractivity contribution is 6.36. The van der Waals surface area contributed by atoms with Crippen LogP contribution < -0.4 is 5.32 Å². The van der Waals surface area contributed by atoms with Gasteiger partial charge in [0.1, 0.15) is 5.69 Å². The summed E-state index contributed by atoms with van der Waals surface area (Å²) >= 11 is 17.5. The Morgan fingerprint density at radius 3 is 2.55 bits per heavy atom. The molecule has 160 valence electrons. The van der Waals surface area contributed by atoms with E-state index in [2.05, 4.69) is 20.5 Å². The van der Waals surface area contributed by atoms with E-state index in [0.717, 1.165) is 10.6 Å². The molecule has 1 amide bonds. The minimum atomic E-state index is -3.68. The number of fused-ring (bicyclic) bond motifs is 1. The summed E-state index contributed by atoms with van der Waals surface area (Å²) in [4.78, 5) is 16.7. The van der Waals surface area contributed by atoms with Crippen LogP contribution in [0.15, 0.2) is 42.6 Å². The number of hydrogen-bond acceptors (Lipinski definition) is 4. The fourth-order valence-corrected chi connectivity index (χ4v) is 3.61. The van der Waals surface area contributed by atoms with Gasteiger partial charge in [0.05, 0.1) is 6.54 Å². The number of carbonyl (C=O) groups excluding carboxylic acids is 1. The van der Waals surface area contributed by atoms with Crippen LogP contribution in [0.25, 0.3) is 5.65 Å². The molecular weight excluding hydrogens is 473 g/mol. The fourth-order valence-electron chi connectivity index (χ4n) is 2.96. The van der Waals surface area contributed by atoms with Gasteiger partial charge in [0.15, 0.2) is 17.2 Å². The number of alkyl halides is 3. The molecule has 0 spiro atoms. The summed E-state index contributed by atoms with van der Waals surface area (Å²) in [7, 11) is 0. The van der Waals surface area contributed by atoms with E-state index in [1.54, 1.807) is 35.1 Å². The maximum Gasteiger partial charge on any atom is 0.364 e. The van der Waals surface area contributed by atoms with Crippen LogP contribution in [0, 0.1) is 6.92 Å². The van der Waals surface area contributed by atoms with Gasteiger partial charge < -0.3 is 5.32 Å². The smallest absolute Gasteiger partial charge is 0.304 e. The molecule has 0 bridgehead atoms. The van der Waals surface area contributed by atoms with Crippen LogP contribution in [0.2, 0.25) is 10.0 Å². The Morgan fingerprint density at radius 2 is 1.87 bits per heavy atom. The highest BCUT2D eigenvalue weighted by Gasteiger charge is 2.32. The zero-order valence-electron chi connectivity index (χ0n) is 15.8. The second-order valence-electron chi connectivity index (χ2n) is 6.63. The zero-order chi connectivity index (χ0) is 22.3. The lowest BCUT2D eigenvalue weighted by Gasteiger charge is -2.10. The van der Waals surface area contributed by atoms with Crippen LogP contribution in [0.3, 0.4) is 0 Å². The van der Waals surface area contributed by atoms with E-state index in [0.29, 0.717) is 27.8 Å². The average Bonchev–Trinajstić information content (AvgIpc) is 3.30. The van der Waals surface area contributed by atoms with Crippen LogP contribution in [-0.4, -0.2) is 30.3 Å². The number of aromatic nitrogens is 5. The van der Waals surface area contributed by atoms with Gasteiger partial charge >= 0.3 is 5.38 Å². The molecule has 1 N–H and O–H groups in total. The van der Waals surface area contributed by atoms with Gasteiger partial charge in [-0.25, -0.2) is 9.50 Å². The van der Waals surface area contributed by atoms with Crippen molar-refractivity contribution < 1.29 is 13.6 Å². The summed E-state index contributed by atoms with van der Waals surface area (Å²) in [6, 6.07) is 9.13. The highest BCUT2D eigenvalue weighted by Crippen LogP contribution is 2.32. The summed E-state index contributed by atoms with van der Waals surface area (Å²) in [5, 5.41) is 8.05. The maximum absolute atomic E-state index is 13.7. The lowest BCUT2D eigenvalue weighted by Crippen LogP contribution is -2.15. The second kappa shape index (κ2) is 8.07. The molecule has 0 unspecified atom stereocenters. The van der Waals surface area contributed by atoms with Crippen molar-refractivity contribution in [3.63, 3.8) is 0 Å². The van der Waals surface area contributed by atoms with E-state index >= 15 is 0 Å². The summed E-state index contributed by atoms with van der Waals surface area (Å²) in [5.74, 6) is -0.412. The first kappa shape index (κ1) is 21.5. The molecule has 0 atom stereocenters. The van der Waals surface area contributed by atoms with Gasteiger partial charge in [-0.15, -0.1) is 0 Å². The van der Waals surface area contributed by atoms with Gasteiger partial charge in [0.2, 0.25) is 0 Å². The molecule has 0 aliphatic rings. The number of rotatable bonds is 5. The monoisotopic (exact) mass is 484 g/mol. The first-order valence-electron chi connectivity index (χ1n) is 8.84. The van der Waals surface area contributed by atoms with E-state index in [9.17, 15) is 13.6 Å². The summed E-state index contributed by atoms with van der Waals surface area (Å²) in [5.41, 5.74) is 0.356. The number of carbonyl (C=O) groups is 1. The van der Waals surface area contributed by atoms with Crippen LogP contribution in [0.5, 0.6) is 0 Å². The Bertz CT molecular complexity index is 1280. The molecular formula is C19H13Cl3F2N6O. The predicted molar refractivity (Wildman–Crippen MR) is 113 cm³/mol.